The van der Waals surface area contributed by atoms with Crippen LogP contribution in [-0.4, -0.2) is 42.2 Å². The quantitative estimate of drug-likeness (QED) is 0.928. The fourth-order valence-corrected chi connectivity index (χ4v) is 2.47. The van der Waals surface area contributed by atoms with E-state index in [-0.39, 0.29) is 5.91 Å². The molecule has 23 heavy (non-hydrogen) atoms. The lowest BCUT2D eigenvalue weighted by atomic mass is 10.1. The zero-order valence-electron chi connectivity index (χ0n) is 13.2. The lowest BCUT2D eigenvalue weighted by molar-refractivity contribution is 0.0950. The maximum absolute atomic E-state index is 12.2. The molecule has 2 heterocycles. The molecular weight excluding hydrogens is 292 g/mol. The third kappa shape index (κ3) is 4.04. The second kappa shape index (κ2) is 7.19. The van der Waals surface area contributed by atoms with E-state index in [2.05, 4.69) is 26.3 Å². The molecule has 0 saturated carbocycles. The Morgan fingerprint density at radius 3 is 2.70 bits per heavy atom. The minimum Gasteiger partial charge on any atom is -0.378 e. The van der Waals surface area contributed by atoms with Crippen LogP contribution >= 0.6 is 0 Å². The highest BCUT2D eigenvalue weighted by atomic mass is 16.5. The summed E-state index contributed by atoms with van der Waals surface area (Å²) in [6.45, 7) is 5.44. The smallest absolute Gasteiger partial charge is 0.254 e. The van der Waals surface area contributed by atoms with Crippen LogP contribution in [0.25, 0.3) is 0 Å². The van der Waals surface area contributed by atoms with Gasteiger partial charge in [0.15, 0.2) is 0 Å². The van der Waals surface area contributed by atoms with E-state index in [4.69, 9.17) is 4.74 Å². The summed E-state index contributed by atoms with van der Waals surface area (Å²) >= 11 is 0. The minimum atomic E-state index is -0.167. The Morgan fingerprint density at radius 2 is 2.00 bits per heavy atom. The predicted molar refractivity (Wildman–Crippen MR) is 87.4 cm³/mol. The maximum atomic E-state index is 12.2. The standard InChI is InChI=1S/C17H20N4O2/c1-13-3-2-4-14(9-13)10-18-16(22)15-11-19-17(20-12-15)21-5-7-23-8-6-21/h2-4,9,11-12H,5-8,10H2,1H3,(H,18,22). The van der Waals surface area contributed by atoms with Gasteiger partial charge in [-0.3, -0.25) is 4.79 Å². The average molecular weight is 312 g/mol. The number of carbonyl (C=O) groups excluding carboxylic acids is 1. The average Bonchev–Trinajstić information content (AvgIpc) is 2.61. The largest absolute Gasteiger partial charge is 0.378 e. The first-order valence-corrected chi connectivity index (χ1v) is 7.71. The molecule has 0 bridgehead atoms. The topological polar surface area (TPSA) is 67.4 Å². The molecule has 3 rings (SSSR count). The molecule has 1 aromatic carbocycles. The molecule has 0 aliphatic carbocycles. The van der Waals surface area contributed by atoms with Crippen molar-refractivity contribution >= 4 is 11.9 Å². The number of morpholine rings is 1. The molecule has 6 nitrogen and oxygen atoms in total. The van der Waals surface area contributed by atoms with Gasteiger partial charge in [-0.25, -0.2) is 9.97 Å². The summed E-state index contributed by atoms with van der Waals surface area (Å²) in [5, 5.41) is 2.89. The van der Waals surface area contributed by atoms with Gasteiger partial charge in [0.05, 0.1) is 18.8 Å². The number of nitrogens with one attached hydrogen (secondary N) is 1. The van der Waals surface area contributed by atoms with Crippen molar-refractivity contribution in [3.8, 4) is 0 Å². The molecule has 0 unspecified atom stereocenters. The van der Waals surface area contributed by atoms with Crippen LogP contribution < -0.4 is 10.2 Å². The van der Waals surface area contributed by atoms with Gasteiger partial charge in [-0.05, 0) is 12.5 Å². The number of aromatic nitrogens is 2. The molecule has 0 radical (unpaired) electrons. The van der Waals surface area contributed by atoms with Crippen LogP contribution in [-0.2, 0) is 11.3 Å². The van der Waals surface area contributed by atoms with Crippen LogP contribution in [0.15, 0.2) is 36.7 Å². The highest BCUT2D eigenvalue weighted by molar-refractivity contribution is 5.93. The summed E-state index contributed by atoms with van der Waals surface area (Å²) in [7, 11) is 0. The second-order valence-electron chi connectivity index (χ2n) is 5.54. The molecule has 1 fully saturated rings. The van der Waals surface area contributed by atoms with Gasteiger partial charge in [-0.15, -0.1) is 0 Å². The lowest BCUT2D eigenvalue weighted by Crippen LogP contribution is -2.37. The van der Waals surface area contributed by atoms with E-state index in [9.17, 15) is 4.79 Å². The number of benzene rings is 1. The van der Waals surface area contributed by atoms with Crippen LogP contribution in [0, 0.1) is 6.92 Å². The first kappa shape index (κ1) is 15.4. The third-order valence-electron chi connectivity index (χ3n) is 3.73. The fraction of sp³-hybridized carbons (Fsp3) is 0.353. The molecule has 6 heteroatoms. The summed E-state index contributed by atoms with van der Waals surface area (Å²) in [4.78, 5) is 22.8. The number of anilines is 1. The summed E-state index contributed by atoms with van der Waals surface area (Å²) in [6, 6.07) is 8.06. The van der Waals surface area contributed by atoms with Crippen LogP contribution in [0.5, 0.6) is 0 Å². The number of carbonyl (C=O) groups is 1. The van der Waals surface area contributed by atoms with Crippen molar-refractivity contribution in [1.82, 2.24) is 15.3 Å². The zero-order valence-corrected chi connectivity index (χ0v) is 13.2. The van der Waals surface area contributed by atoms with E-state index in [1.807, 2.05) is 25.1 Å². The van der Waals surface area contributed by atoms with Gasteiger partial charge < -0.3 is 15.0 Å². The number of hydrogen-bond donors (Lipinski definition) is 1. The Morgan fingerprint density at radius 1 is 1.26 bits per heavy atom. The summed E-state index contributed by atoms with van der Waals surface area (Å²) in [6.07, 6.45) is 3.15. The number of nitrogens with zero attached hydrogens (tertiary/aromatic N) is 3. The monoisotopic (exact) mass is 312 g/mol. The van der Waals surface area contributed by atoms with Gasteiger partial charge in [-0.1, -0.05) is 29.8 Å². The Labute approximate surface area is 135 Å². The summed E-state index contributed by atoms with van der Waals surface area (Å²) < 4.78 is 5.30. The van der Waals surface area contributed by atoms with E-state index >= 15 is 0 Å². The van der Waals surface area contributed by atoms with Gasteiger partial charge in [0.2, 0.25) is 5.95 Å². The van der Waals surface area contributed by atoms with Crippen molar-refractivity contribution in [1.29, 1.82) is 0 Å². The molecule has 120 valence electrons. The molecule has 2 aromatic rings. The maximum Gasteiger partial charge on any atom is 0.254 e. The normalized spacial score (nSPS) is 14.6. The number of hydrogen-bond acceptors (Lipinski definition) is 5. The Balaban J connectivity index is 1.59. The van der Waals surface area contributed by atoms with Crippen LogP contribution in [0.2, 0.25) is 0 Å². The molecule has 1 aliphatic rings. The SMILES string of the molecule is Cc1cccc(CNC(=O)c2cnc(N3CCOCC3)nc2)c1. The Hall–Kier alpha value is -2.47. The summed E-state index contributed by atoms with van der Waals surface area (Å²) in [5.74, 6) is 0.476. The van der Waals surface area contributed by atoms with E-state index in [1.165, 1.54) is 5.56 Å². The van der Waals surface area contributed by atoms with Gasteiger partial charge >= 0.3 is 0 Å². The second-order valence-corrected chi connectivity index (χ2v) is 5.54. The highest BCUT2D eigenvalue weighted by Gasteiger charge is 2.14. The lowest BCUT2D eigenvalue weighted by Gasteiger charge is -2.26. The molecule has 0 spiro atoms. The third-order valence-corrected chi connectivity index (χ3v) is 3.73. The van der Waals surface area contributed by atoms with Crippen LogP contribution in [0.3, 0.4) is 0 Å². The van der Waals surface area contributed by atoms with Gasteiger partial charge in [-0.2, -0.15) is 0 Å². The molecule has 1 N–H and O–H groups in total. The van der Waals surface area contributed by atoms with E-state index in [1.54, 1.807) is 12.4 Å². The molecule has 1 amide bonds. The first-order chi connectivity index (χ1) is 11.2. The van der Waals surface area contributed by atoms with Crippen molar-refractivity contribution in [3.63, 3.8) is 0 Å². The van der Waals surface area contributed by atoms with Crippen LogP contribution in [0.1, 0.15) is 21.5 Å². The molecule has 1 aliphatic heterocycles. The Bertz CT molecular complexity index is 667. The van der Waals surface area contributed by atoms with Gasteiger partial charge in [0.1, 0.15) is 0 Å². The Kier molecular flexibility index (Phi) is 4.83. The van der Waals surface area contributed by atoms with E-state index in [0.29, 0.717) is 31.3 Å². The first-order valence-electron chi connectivity index (χ1n) is 7.71. The number of ether oxygens (including phenoxy) is 1. The minimum absolute atomic E-state index is 0.167. The van der Waals surface area contributed by atoms with Crippen molar-refractivity contribution in [2.75, 3.05) is 31.2 Å². The predicted octanol–water partition coefficient (Wildman–Crippen LogP) is 1.55. The van der Waals surface area contributed by atoms with Crippen molar-refractivity contribution in [2.24, 2.45) is 0 Å². The van der Waals surface area contributed by atoms with Gasteiger partial charge in [0, 0.05) is 32.0 Å². The summed E-state index contributed by atoms with van der Waals surface area (Å²) in [5.41, 5.74) is 2.72. The fourth-order valence-electron chi connectivity index (χ4n) is 2.47. The van der Waals surface area contributed by atoms with Crippen molar-refractivity contribution < 1.29 is 9.53 Å². The number of aryl methyl sites for hydroxylation is 1. The van der Waals surface area contributed by atoms with Crippen molar-refractivity contribution in [2.45, 2.75) is 13.5 Å². The van der Waals surface area contributed by atoms with Gasteiger partial charge in [0.25, 0.3) is 5.91 Å². The number of amides is 1. The highest BCUT2D eigenvalue weighted by Crippen LogP contribution is 2.09. The molecule has 1 saturated heterocycles. The number of rotatable bonds is 4. The van der Waals surface area contributed by atoms with Crippen LogP contribution in [0.4, 0.5) is 5.95 Å². The molecule has 0 atom stereocenters. The molecule has 1 aromatic heterocycles. The van der Waals surface area contributed by atoms with E-state index in [0.717, 1.165) is 18.7 Å². The zero-order chi connectivity index (χ0) is 16.1. The molecular formula is C17H20N4O2. The van der Waals surface area contributed by atoms with Crippen molar-refractivity contribution in [3.05, 3.63) is 53.3 Å². The van der Waals surface area contributed by atoms with E-state index < -0.39 is 0 Å².